The van der Waals surface area contributed by atoms with Gasteiger partial charge in [0.2, 0.25) is 5.78 Å². The van der Waals surface area contributed by atoms with E-state index in [0.717, 1.165) is 24.4 Å². The number of H-pyrrole nitrogens is 1. The molecule has 2 heterocycles. The van der Waals surface area contributed by atoms with Crippen molar-refractivity contribution in [1.82, 2.24) is 9.55 Å². The molecule has 0 unspecified atom stereocenters. The van der Waals surface area contributed by atoms with E-state index in [9.17, 15) is 14.4 Å². The molecule has 2 aromatic rings. The number of carbonyl (C=O) groups is 3. The number of Topliss-reactive ketones (excluding diaryl/α,β-unsaturated/α-hetero) is 1. The van der Waals surface area contributed by atoms with E-state index in [2.05, 4.69) is 16.5 Å². The summed E-state index contributed by atoms with van der Waals surface area (Å²) in [6, 6.07) is 1.83. The van der Waals surface area contributed by atoms with Gasteiger partial charge >= 0.3 is 11.9 Å². The quantitative estimate of drug-likeness (QED) is 0.550. The van der Waals surface area contributed by atoms with Gasteiger partial charge in [-0.3, -0.25) is 4.79 Å². The number of aromatic amines is 1. The summed E-state index contributed by atoms with van der Waals surface area (Å²) in [4.78, 5) is 39.9. The summed E-state index contributed by atoms with van der Waals surface area (Å²) in [7, 11) is 0. The third-order valence-corrected chi connectivity index (χ3v) is 4.78. The second-order valence-corrected chi connectivity index (χ2v) is 6.78. The van der Waals surface area contributed by atoms with E-state index in [1.807, 2.05) is 19.9 Å². The van der Waals surface area contributed by atoms with Crippen LogP contribution in [0.2, 0.25) is 0 Å². The van der Waals surface area contributed by atoms with E-state index < -0.39 is 11.9 Å². The van der Waals surface area contributed by atoms with Crippen molar-refractivity contribution in [1.29, 1.82) is 0 Å². The van der Waals surface area contributed by atoms with Gasteiger partial charge in [-0.05, 0) is 52.7 Å². The van der Waals surface area contributed by atoms with Crippen LogP contribution in [0.3, 0.4) is 0 Å². The van der Waals surface area contributed by atoms with Crippen molar-refractivity contribution < 1.29 is 23.9 Å². The Labute approximate surface area is 165 Å². The lowest BCUT2D eigenvalue weighted by Crippen LogP contribution is -2.16. The van der Waals surface area contributed by atoms with Crippen molar-refractivity contribution >= 4 is 17.7 Å². The SMILES string of the molecule is CCCn1c(C)cc(C(=O)COC(=O)c2c(C)[nH]c(C(=O)OCC)c2C)c1C. The number of esters is 2. The van der Waals surface area contributed by atoms with Crippen LogP contribution >= 0.6 is 0 Å². The first-order valence-electron chi connectivity index (χ1n) is 9.46. The fraction of sp³-hybridized carbons (Fsp3) is 0.476. The first-order valence-corrected chi connectivity index (χ1v) is 9.46. The number of nitrogens with zero attached hydrogens (tertiary/aromatic N) is 1. The number of hydrogen-bond acceptors (Lipinski definition) is 5. The van der Waals surface area contributed by atoms with Crippen molar-refractivity contribution in [2.24, 2.45) is 0 Å². The molecule has 0 fully saturated rings. The van der Waals surface area contributed by atoms with Crippen LogP contribution in [0.25, 0.3) is 0 Å². The topological polar surface area (TPSA) is 90.4 Å². The first-order chi connectivity index (χ1) is 13.2. The van der Waals surface area contributed by atoms with Gasteiger partial charge in [0, 0.05) is 29.2 Å². The van der Waals surface area contributed by atoms with Crippen LogP contribution in [0, 0.1) is 27.7 Å². The Bertz CT molecular complexity index is 905. The van der Waals surface area contributed by atoms with Crippen molar-refractivity contribution in [2.45, 2.75) is 54.5 Å². The average Bonchev–Trinajstić information content (AvgIpc) is 3.10. The van der Waals surface area contributed by atoms with Crippen LogP contribution in [0.1, 0.15) is 74.1 Å². The summed E-state index contributed by atoms with van der Waals surface area (Å²) in [5.41, 5.74) is 3.87. The number of rotatable bonds is 8. The highest BCUT2D eigenvalue weighted by molar-refractivity contribution is 6.02. The minimum atomic E-state index is -0.641. The number of hydrogen-bond donors (Lipinski definition) is 1. The molecule has 0 aromatic carbocycles. The summed E-state index contributed by atoms with van der Waals surface area (Å²) < 4.78 is 12.3. The molecule has 0 amide bonds. The van der Waals surface area contributed by atoms with E-state index >= 15 is 0 Å². The molecule has 0 bridgehead atoms. The lowest BCUT2D eigenvalue weighted by Gasteiger charge is -2.08. The molecule has 7 nitrogen and oxygen atoms in total. The Balaban J connectivity index is 2.14. The molecule has 2 aromatic heterocycles. The maximum Gasteiger partial charge on any atom is 0.355 e. The van der Waals surface area contributed by atoms with Crippen molar-refractivity contribution in [3.63, 3.8) is 0 Å². The predicted molar refractivity (Wildman–Crippen MR) is 105 cm³/mol. The van der Waals surface area contributed by atoms with Crippen LogP contribution in [-0.4, -0.2) is 40.5 Å². The van der Waals surface area contributed by atoms with Gasteiger partial charge in [0.1, 0.15) is 5.69 Å². The zero-order valence-electron chi connectivity index (χ0n) is 17.4. The molecule has 0 atom stereocenters. The third-order valence-electron chi connectivity index (χ3n) is 4.78. The normalized spacial score (nSPS) is 10.8. The highest BCUT2D eigenvalue weighted by Gasteiger charge is 2.25. The van der Waals surface area contributed by atoms with Gasteiger partial charge in [-0.2, -0.15) is 0 Å². The molecule has 0 aliphatic heterocycles. The Morgan fingerprint density at radius 1 is 1.04 bits per heavy atom. The summed E-state index contributed by atoms with van der Waals surface area (Å²) in [6.07, 6.45) is 0.966. The fourth-order valence-corrected chi connectivity index (χ4v) is 3.40. The standard InChI is InChI=1S/C21H28N2O5/c1-7-9-23-12(3)10-16(15(23)6)17(24)11-28-20(25)18-13(4)19(22-14(18)5)21(26)27-8-2/h10,22H,7-9,11H2,1-6H3. The summed E-state index contributed by atoms with van der Waals surface area (Å²) >= 11 is 0. The molecule has 1 N–H and O–H groups in total. The summed E-state index contributed by atoms with van der Waals surface area (Å²) in [5, 5.41) is 0. The third kappa shape index (κ3) is 4.18. The Morgan fingerprint density at radius 3 is 2.32 bits per heavy atom. The molecule has 152 valence electrons. The Morgan fingerprint density at radius 2 is 1.71 bits per heavy atom. The van der Waals surface area contributed by atoms with Crippen LogP contribution in [0.4, 0.5) is 0 Å². The van der Waals surface area contributed by atoms with Gasteiger partial charge in [0.05, 0.1) is 12.2 Å². The Hall–Kier alpha value is -2.83. The van der Waals surface area contributed by atoms with Gasteiger partial charge in [0.15, 0.2) is 6.61 Å². The molecule has 28 heavy (non-hydrogen) atoms. The van der Waals surface area contributed by atoms with E-state index in [1.54, 1.807) is 20.8 Å². The van der Waals surface area contributed by atoms with Crippen molar-refractivity contribution in [3.05, 3.63) is 45.5 Å². The minimum Gasteiger partial charge on any atom is -0.461 e. The van der Waals surface area contributed by atoms with Gasteiger partial charge < -0.3 is 19.0 Å². The van der Waals surface area contributed by atoms with Crippen LogP contribution < -0.4 is 0 Å². The van der Waals surface area contributed by atoms with Crippen molar-refractivity contribution in [3.8, 4) is 0 Å². The maximum absolute atomic E-state index is 12.6. The molecule has 0 aliphatic carbocycles. The largest absolute Gasteiger partial charge is 0.461 e. The molecular weight excluding hydrogens is 360 g/mol. The number of nitrogens with one attached hydrogen (secondary N) is 1. The van der Waals surface area contributed by atoms with E-state index in [-0.39, 0.29) is 30.3 Å². The lowest BCUT2D eigenvalue weighted by molar-refractivity contribution is 0.0473. The Kier molecular flexibility index (Phi) is 6.83. The monoisotopic (exact) mass is 388 g/mol. The lowest BCUT2D eigenvalue weighted by atomic mass is 10.1. The number of ether oxygens (including phenoxy) is 2. The number of ketones is 1. The van der Waals surface area contributed by atoms with Crippen LogP contribution in [-0.2, 0) is 16.0 Å². The summed E-state index contributed by atoms with van der Waals surface area (Å²) in [6.45, 7) is 11.7. The zero-order chi connectivity index (χ0) is 21.0. The highest BCUT2D eigenvalue weighted by Crippen LogP contribution is 2.21. The van der Waals surface area contributed by atoms with Crippen molar-refractivity contribution in [2.75, 3.05) is 13.2 Å². The first kappa shape index (κ1) is 21.5. The highest BCUT2D eigenvalue weighted by atomic mass is 16.5. The molecule has 0 aliphatic rings. The van der Waals surface area contributed by atoms with Gasteiger partial charge in [-0.25, -0.2) is 9.59 Å². The molecular formula is C21H28N2O5. The van der Waals surface area contributed by atoms with Gasteiger partial charge in [-0.15, -0.1) is 0 Å². The molecule has 0 saturated heterocycles. The summed E-state index contributed by atoms with van der Waals surface area (Å²) in [5.74, 6) is -1.42. The molecule has 0 spiro atoms. The molecule has 0 saturated carbocycles. The second kappa shape index (κ2) is 8.91. The molecule has 2 rings (SSSR count). The van der Waals surface area contributed by atoms with Crippen LogP contribution in [0.5, 0.6) is 0 Å². The minimum absolute atomic E-state index is 0.223. The molecule has 0 radical (unpaired) electrons. The van der Waals surface area contributed by atoms with E-state index in [0.29, 0.717) is 16.8 Å². The zero-order valence-corrected chi connectivity index (χ0v) is 17.4. The average molecular weight is 388 g/mol. The second-order valence-electron chi connectivity index (χ2n) is 6.78. The van der Waals surface area contributed by atoms with E-state index in [1.165, 1.54) is 0 Å². The maximum atomic E-state index is 12.6. The number of aryl methyl sites for hydroxylation is 2. The fourth-order valence-electron chi connectivity index (χ4n) is 3.40. The number of aromatic nitrogens is 2. The van der Waals surface area contributed by atoms with Gasteiger partial charge in [0.25, 0.3) is 0 Å². The molecule has 7 heteroatoms. The smallest absolute Gasteiger partial charge is 0.355 e. The number of carbonyl (C=O) groups excluding carboxylic acids is 3. The van der Waals surface area contributed by atoms with E-state index in [4.69, 9.17) is 9.47 Å². The predicted octanol–water partition coefficient (Wildman–Crippen LogP) is 3.68. The van der Waals surface area contributed by atoms with Crippen LogP contribution in [0.15, 0.2) is 6.07 Å². The van der Waals surface area contributed by atoms with Gasteiger partial charge in [-0.1, -0.05) is 6.92 Å².